The molecule has 1 amide bonds. The van der Waals surface area contributed by atoms with Crippen LogP contribution in [0.5, 0.6) is 0 Å². The van der Waals surface area contributed by atoms with E-state index < -0.39 is 28.5 Å². The van der Waals surface area contributed by atoms with Crippen LogP contribution in [-0.4, -0.2) is 39.2 Å². The minimum absolute atomic E-state index is 0.0554. The van der Waals surface area contributed by atoms with E-state index in [4.69, 9.17) is 16.3 Å². The molecule has 1 aliphatic heterocycles. The first-order chi connectivity index (χ1) is 17.5. The average molecular weight is 525 g/mol. The van der Waals surface area contributed by atoms with E-state index in [2.05, 4.69) is 4.98 Å². The van der Waals surface area contributed by atoms with Gasteiger partial charge in [-0.3, -0.25) is 14.7 Å². The number of nitrogens with zero attached hydrogens (tertiary/aromatic N) is 2. The SMILES string of the molecule is Cc1ccc(CN2C(=O)c3cc(C(C)(C)O)cc(F)c3[C@]2(OCC2(CO)CC2)c2ccc(Cl)cc2)nc1. The zero-order chi connectivity index (χ0) is 26.6. The monoisotopic (exact) mass is 524 g/mol. The van der Waals surface area contributed by atoms with Gasteiger partial charge in [-0.15, -0.1) is 0 Å². The van der Waals surface area contributed by atoms with Crippen molar-refractivity contribution in [3.05, 3.63) is 99.1 Å². The molecule has 1 fully saturated rings. The molecule has 1 aliphatic carbocycles. The number of aliphatic hydroxyl groups is 2. The highest BCUT2D eigenvalue weighted by Crippen LogP contribution is 2.52. The topological polar surface area (TPSA) is 82.9 Å². The number of hydrogen-bond donors (Lipinski definition) is 2. The van der Waals surface area contributed by atoms with E-state index in [1.54, 1.807) is 44.3 Å². The molecule has 5 rings (SSSR count). The number of aliphatic hydroxyl groups excluding tert-OH is 1. The molecule has 2 heterocycles. The number of carbonyl (C=O) groups excluding carboxylic acids is 1. The Morgan fingerprint density at radius 2 is 1.86 bits per heavy atom. The van der Waals surface area contributed by atoms with Crippen LogP contribution in [0.4, 0.5) is 4.39 Å². The van der Waals surface area contributed by atoms with Crippen molar-refractivity contribution in [3.63, 3.8) is 0 Å². The summed E-state index contributed by atoms with van der Waals surface area (Å²) in [5.74, 6) is -1.10. The van der Waals surface area contributed by atoms with Crippen LogP contribution in [0.25, 0.3) is 0 Å². The van der Waals surface area contributed by atoms with Gasteiger partial charge in [0.1, 0.15) is 5.82 Å². The fraction of sp³-hybridized carbons (Fsp3) is 0.379. The summed E-state index contributed by atoms with van der Waals surface area (Å²) in [6.45, 7) is 5.13. The smallest absolute Gasteiger partial charge is 0.257 e. The maximum atomic E-state index is 16.1. The number of aryl methyl sites for hydroxylation is 1. The number of aromatic nitrogens is 1. The van der Waals surface area contributed by atoms with Crippen molar-refractivity contribution in [3.8, 4) is 0 Å². The first-order valence-corrected chi connectivity index (χ1v) is 12.7. The third-order valence-corrected chi connectivity index (χ3v) is 7.65. The fourth-order valence-electron chi connectivity index (χ4n) is 4.83. The molecule has 1 aromatic heterocycles. The summed E-state index contributed by atoms with van der Waals surface area (Å²) in [6.07, 6.45) is 3.27. The summed E-state index contributed by atoms with van der Waals surface area (Å²) in [5, 5.41) is 21.1. The van der Waals surface area contributed by atoms with E-state index in [1.807, 2.05) is 19.1 Å². The Kier molecular flexibility index (Phi) is 6.39. The van der Waals surface area contributed by atoms with Crippen molar-refractivity contribution in [2.24, 2.45) is 5.41 Å². The fourth-order valence-corrected chi connectivity index (χ4v) is 4.95. The van der Waals surface area contributed by atoms with Crippen molar-refractivity contribution in [1.29, 1.82) is 0 Å². The lowest BCUT2D eigenvalue weighted by Crippen LogP contribution is -2.48. The van der Waals surface area contributed by atoms with Gasteiger partial charge in [-0.1, -0.05) is 29.8 Å². The Balaban J connectivity index is 1.74. The normalized spacial score (nSPS) is 20.3. The second kappa shape index (κ2) is 9.17. The molecule has 0 spiro atoms. The lowest BCUT2D eigenvalue weighted by Gasteiger charge is -2.40. The minimum Gasteiger partial charge on any atom is -0.396 e. The van der Waals surface area contributed by atoms with Crippen molar-refractivity contribution in [1.82, 2.24) is 9.88 Å². The van der Waals surface area contributed by atoms with E-state index in [-0.39, 0.29) is 36.4 Å². The van der Waals surface area contributed by atoms with Crippen LogP contribution in [0, 0.1) is 18.2 Å². The average Bonchev–Trinajstić information content (AvgIpc) is 3.60. The molecule has 194 valence electrons. The van der Waals surface area contributed by atoms with Crippen LogP contribution in [0.3, 0.4) is 0 Å². The predicted molar refractivity (Wildman–Crippen MR) is 137 cm³/mol. The Morgan fingerprint density at radius 1 is 1.16 bits per heavy atom. The molecule has 2 aliphatic rings. The molecule has 37 heavy (non-hydrogen) atoms. The minimum atomic E-state index is -1.63. The molecule has 1 atom stereocenters. The zero-order valence-corrected chi connectivity index (χ0v) is 21.8. The first-order valence-electron chi connectivity index (χ1n) is 12.3. The predicted octanol–water partition coefficient (Wildman–Crippen LogP) is 5.06. The molecule has 0 bridgehead atoms. The van der Waals surface area contributed by atoms with E-state index in [0.717, 1.165) is 18.4 Å². The van der Waals surface area contributed by atoms with E-state index >= 15 is 4.39 Å². The summed E-state index contributed by atoms with van der Waals surface area (Å²) in [5.41, 5.74) is -0.827. The van der Waals surface area contributed by atoms with Crippen molar-refractivity contribution in [2.45, 2.75) is 51.5 Å². The summed E-state index contributed by atoms with van der Waals surface area (Å²) in [4.78, 5) is 20.0. The lowest BCUT2D eigenvalue weighted by atomic mass is 9.88. The Labute approximate surface area is 220 Å². The third kappa shape index (κ3) is 4.55. The molecule has 0 saturated heterocycles. The highest BCUT2D eigenvalue weighted by molar-refractivity contribution is 6.30. The second-order valence-electron chi connectivity index (χ2n) is 10.8. The standard InChI is InChI=1S/C29H30ClFN2O4/c1-18-4-9-22(32-14-18)15-33-26(35)23-12-20(27(2,3)36)13-24(31)25(23)29(33,19-5-7-21(30)8-6-19)37-17-28(16-34)10-11-28/h4-9,12-14,34,36H,10-11,15-17H2,1-3H3/t29-/m1/s1. The van der Waals surface area contributed by atoms with Gasteiger partial charge in [0.25, 0.3) is 5.91 Å². The first kappa shape index (κ1) is 25.8. The number of halogens is 2. The van der Waals surface area contributed by atoms with Gasteiger partial charge in [-0.2, -0.15) is 0 Å². The van der Waals surface area contributed by atoms with Gasteiger partial charge in [-0.05, 0) is 75.1 Å². The molecular weight excluding hydrogens is 495 g/mol. The van der Waals surface area contributed by atoms with Crippen LogP contribution >= 0.6 is 11.6 Å². The molecule has 2 N–H and O–H groups in total. The number of benzene rings is 2. The van der Waals surface area contributed by atoms with Crippen LogP contribution in [0.2, 0.25) is 5.02 Å². The lowest BCUT2D eigenvalue weighted by molar-refractivity contribution is -0.130. The van der Waals surface area contributed by atoms with Gasteiger partial charge in [-0.25, -0.2) is 4.39 Å². The molecule has 8 heteroatoms. The molecular formula is C29H30ClFN2O4. The second-order valence-corrected chi connectivity index (χ2v) is 11.2. The maximum absolute atomic E-state index is 16.1. The number of ether oxygens (including phenoxy) is 1. The van der Waals surface area contributed by atoms with Crippen molar-refractivity contribution in [2.75, 3.05) is 13.2 Å². The van der Waals surface area contributed by atoms with Gasteiger partial charge in [0.15, 0.2) is 5.72 Å². The summed E-state index contributed by atoms with van der Waals surface area (Å²) < 4.78 is 22.8. The van der Waals surface area contributed by atoms with Gasteiger partial charge < -0.3 is 14.9 Å². The third-order valence-electron chi connectivity index (χ3n) is 7.40. The van der Waals surface area contributed by atoms with Crippen molar-refractivity contribution < 1.29 is 24.1 Å². The quantitative estimate of drug-likeness (QED) is 0.430. The van der Waals surface area contributed by atoms with Crippen LogP contribution in [0.15, 0.2) is 54.7 Å². The zero-order valence-electron chi connectivity index (χ0n) is 21.1. The van der Waals surface area contributed by atoms with Gasteiger partial charge >= 0.3 is 0 Å². The van der Waals surface area contributed by atoms with Gasteiger partial charge in [0, 0.05) is 22.2 Å². The number of carbonyl (C=O) groups is 1. The molecule has 2 aromatic carbocycles. The van der Waals surface area contributed by atoms with Gasteiger partial charge in [0.2, 0.25) is 0 Å². The van der Waals surface area contributed by atoms with Crippen LogP contribution < -0.4 is 0 Å². The van der Waals surface area contributed by atoms with Crippen LogP contribution in [-0.2, 0) is 22.6 Å². The summed E-state index contributed by atoms with van der Waals surface area (Å²) in [7, 11) is 0. The molecule has 3 aromatic rings. The van der Waals surface area contributed by atoms with Crippen LogP contribution in [0.1, 0.15) is 65.0 Å². The highest BCUT2D eigenvalue weighted by Gasteiger charge is 2.56. The Morgan fingerprint density at radius 3 is 2.43 bits per heavy atom. The summed E-state index contributed by atoms with van der Waals surface area (Å²) >= 11 is 6.19. The molecule has 6 nitrogen and oxygen atoms in total. The number of pyridine rings is 1. The Hall–Kier alpha value is -2.84. The van der Waals surface area contributed by atoms with Gasteiger partial charge in [0.05, 0.1) is 42.2 Å². The highest BCUT2D eigenvalue weighted by atomic mass is 35.5. The molecule has 1 saturated carbocycles. The number of hydrogen-bond acceptors (Lipinski definition) is 5. The van der Waals surface area contributed by atoms with E-state index in [0.29, 0.717) is 16.3 Å². The number of amides is 1. The van der Waals surface area contributed by atoms with E-state index in [1.165, 1.54) is 17.0 Å². The maximum Gasteiger partial charge on any atom is 0.257 e. The number of rotatable bonds is 8. The Bertz CT molecular complexity index is 1330. The molecule has 0 unspecified atom stereocenters. The van der Waals surface area contributed by atoms with Crippen molar-refractivity contribution >= 4 is 17.5 Å². The largest absolute Gasteiger partial charge is 0.396 e. The number of fused-ring (bicyclic) bond motifs is 1. The molecule has 0 radical (unpaired) electrons. The van der Waals surface area contributed by atoms with E-state index in [9.17, 15) is 15.0 Å². The summed E-state index contributed by atoms with van der Waals surface area (Å²) in [6, 6.07) is 13.3.